The molecule has 3 heterocycles. The van der Waals surface area contributed by atoms with Gasteiger partial charge in [0.2, 0.25) is 0 Å². The monoisotopic (exact) mass is 563 g/mol. The Kier molecular flexibility index (Phi) is 7.81. The van der Waals surface area contributed by atoms with Gasteiger partial charge in [-0.15, -0.1) is 11.3 Å². The third-order valence-corrected chi connectivity index (χ3v) is 9.54. The number of amides is 1. The maximum Gasteiger partial charge on any atom is 0.254 e. The lowest BCUT2D eigenvalue weighted by Gasteiger charge is -2.38. The van der Waals surface area contributed by atoms with E-state index in [0.29, 0.717) is 44.7 Å². The summed E-state index contributed by atoms with van der Waals surface area (Å²) in [5.41, 5.74) is 5.65. The largest absolute Gasteiger partial charge is 0.488 e. The lowest BCUT2D eigenvalue weighted by Crippen LogP contribution is -2.46. The molecule has 2 unspecified atom stereocenters. The maximum atomic E-state index is 13.0. The first-order valence-corrected chi connectivity index (χ1v) is 15.0. The van der Waals surface area contributed by atoms with Crippen LogP contribution in [0.1, 0.15) is 39.9 Å². The van der Waals surface area contributed by atoms with Crippen molar-refractivity contribution in [2.24, 2.45) is 17.8 Å². The number of carbonyl (C=O) groups excluding carboxylic acids is 1. The van der Waals surface area contributed by atoms with Crippen LogP contribution < -0.4 is 9.64 Å². The van der Waals surface area contributed by atoms with Crippen LogP contribution >= 0.6 is 11.3 Å². The molecular weight excluding hydrogens is 526 g/mol. The number of benzene rings is 2. The maximum absolute atomic E-state index is 13.0. The van der Waals surface area contributed by atoms with Gasteiger partial charge in [-0.3, -0.25) is 4.79 Å². The number of piperidine rings is 1. The first-order chi connectivity index (χ1) is 19.4. The van der Waals surface area contributed by atoms with E-state index >= 15 is 0 Å². The number of aryl methyl sites for hydroxylation is 2. The molecule has 1 saturated carbocycles. The van der Waals surface area contributed by atoms with Crippen LogP contribution in [0.15, 0.2) is 41.8 Å². The quantitative estimate of drug-likeness (QED) is 0.415. The van der Waals surface area contributed by atoms with Gasteiger partial charge in [0, 0.05) is 48.6 Å². The second-order valence-electron chi connectivity index (χ2n) is 11.4. The van der Waals surface area contributed by atoms with Crippen LogP contribution in [0.25, 0.3) is 11.3 Å². The number of rotatable bonds is 7. The number of aliphatic hydroxyl groups excluding tert-OH is 1. The van der Waals surface area contributed by atoms with Crippen molar-refractivity contribution in [3.63, 3.8) is 0 Å². The van der Waals surface area contributed by atoms with E-state index in [1.54, 1.807) is 11.3 Å². The molecular formula is C31H37N3O5S. The van der Waals surface area contributed by atoms with Crippen molar-refractivity contribution in [1.82, 2.24) is 9.88 Å². The molecule has 1 aromatic heterocycles. The first-order valence-electron chi connectivity index (χ1n) is 14.1. The lowest BCUT2D eigenvalue weighted by atomic mass is 9.85. The van der Waals surface area contributed by atoms with Crippen molar-refractivity contribution in [3.05, 3.63) is 64.0 Å². The molecule has 2 bridgehead atoms. The summed E-state index contributed by atoms with van der Waals surface area (Å²) >= 11 is 1.63. The van der Waals surface area contributed by atoms with Crippen LogP contribution in [0.3, 0.4) is 0 Å². The number of thiazole rings is 1. The minimum Gasteiger partial charge on any atom is -0.488 e. The SMILES string of the molecule is Cc1ccc(OCc2ccc(C(=O)N3CCOCC3)c(C)c2)c(-c2csc(N3CC4CCC(C3)C4C(O)O)n2)c1. The summed E-state index contributed by atoms with van der Waals surface area (Å²) in [7, 11) is 0. The zero-order chi connectivity index (χ0) is 27.8. The van der Waals surface area contributed by atoms with Crippen molar-refractivity contribution in [2.75, 3.05) is 44.3 Å². The number of ether oxygens (including phenoxy) is 2. The Morgan fingerprint density at radius 2 is 1.85 bits per heavy atom. The molecule has 212 valence electrons. The Morgan fingerprint density at radius 1 is 1.10 bits per heavy atom. The molecule has 2 saturated heterocycles. The minimum absolute atomic E-state index is 0.0253. The zero-order valence-corrected chi connectivity index (χ0v) is 23.9. The second kappa shape index (κ2) is 11.5. The molecule has 2 atom stereocenters. The highest BCUT2D eigenvalue weighted by Gasteiger charge is 2.45. The van der Waals surface area contributed by atoms with Gasteiger partial charge in [-0.2, -0.15) is 0 Å². The Labute approximate surface area is 239 Å². The summed E-state index contributed by atoms with van der Waals surface area (Å²) in [6.45, 7) is 8.48. The van der Waals surface area contributed by atoms with Crippen molar-refractivity contribution in [1.29, 1.82) is 0 Å². The van der Waals surface area contributed by atoms with Crippen molar-refractivity contribution < 1.29 is 24.5 Å². The fourth-order valence-corrected chi connectivity index (χ4v) is 7.41. The molecule has 3 aliphatic rings. The number of aliphatic hydroxyl groups is 2. The van der Waals surface area contributed by atoms with Gasteiger partial charge < -0.3 is 29.5 Å². The molecule has 0 spiro atoms. The fourth-order valence-electron chi connectivity index (χ4n) is 6.56. The molecule has 6 rings (SSSR count). The summed E-state index contributed by atoms with van der Waals surface area (Å²) in [4.78, 5) is 22.1. The normalized spacial score (nSPS) is 22.7. The second-order valence-corrected chi connectivity index (χ2v) is 12.2. The van der Waals surface area contributed by atoms with Crippen LogP contribution in [0, 0.1) is 31.6 Å². The first kappa shape index (κ1) is 27.2. The molecule has 3 fully saturated rings. The molecule has 2 aromatic carbocycles. The number of fused-ring (bicyclic) bond motifs is 2. The highest BCUT2D eigenvalue weighted by molar-refractivity contribution is 7.14. The average molecular weight is 564 g/mol. The zero-order valence-electron chi connectivity index (χ0n) is 23.1. The number of aromatic nitrogens is 1. The molecule has 2 aliphatic heterocycles. The van der Waals surface area contributed by atoms with Crippen molar-refractivity contribution in [3.8, 4) is 17.0 Å². The smallest absolute Gasteiger partial charge is 0.254 e. The number of carbonyl (C=O) groups is 1. The number of hydrogen-bond donors (Lipinski definition) is 2. The topological polar surface area (TPSA) is 95.4 Å². The van der Waals surface area contributed by atoms with E-state index in [9.17, 15) is 15.0 Å². The number of hydrogen-bond acceptors (Lipinski definition) is 8. The third-order valence-electron chi connectivity index (χ3n) is 8.64. The van der Waals surface area contributed by atoms with Gasteiger partial charge in [-0.05, 0) is 67.9 Å². The van der Waals surface area contributed by atoms with Gasteiger partial charge in [0.25, 0.3) is 5.91 Å². The lowest BCUT2D eigenvalue weighted by molar-refractivity contribution is -0.109. The molecule has 3 aromatic rings. The van der Waals surface area contributed by atoms with E-state index in [4.69, 9.17) is 14.5 Å². The Balaban J connectivity index is 1.15. The molecule has 9 heteroatoms. The predicted octanol–water partition coefficient (Wildman–Crippen LogP) is 4.25. The van der Waals surface area contributed by atoms with E-state index < -0.39 is 6.29 Å². The van der Waals surface area contributed by atoms with Gasteiger partial charge in [-0.1, -0.05) is 23.8 Å². The van der Waals surface area contributed by atoms with Gasteiger partial charge >= 0.3 is 0 Å². The number of morpholine rings is 1. The third kappa shape index (κ3) is 5.48. The molecule has 40 heavy (non-hydrogen) atoms. The number of anilines is 1. The summed E-state index contributed by atoms with van der Waals surface area (Å²) in [6.07, 6.45) is 0.849. The summed E-state index contributed by atoms with van der Waals surface area (Å²) < 4.78 is 11.7. The Bertz CT molecular complexity index is 1350. The molecule has 1 amide bonds. The van der Waals surface area contributed by atoms with E-state index in [1.165, 1.54) is 0 Å². The van der Waals surface area contributed by atoms with Crippen LogP contribution in [-0.4, -0.2) is 71.7 Å². The Morgan fingerprint density at radius 3 is 2.55 bits per heavy atom. The van der Waals surface area contributed by atoms with E-state index in [1.807, 2.05) is 42.2 Å². The van der Waals surface area contributed by atoms with Gasteiger partial charge in [0.1, 0.15) is 12.4 Å². The minimum atomic E-state index is -1.23. The van der Waals surface area contributed by atoms with E-state index in [-0.39, 0.29) is 11.8 Å². The summed E-state index contributed by atoms with van der Waals surface area (Å²) in [5.74, 6) is 1.39. The summed E-state index contributed by atoms with van der Waals surface area (Å²) in [5, 5.41) is 22.8. The van der Waals surface area contributed by atoms with Crippen LogP contribution in [0.2, 0.25) is 0 Å². The van der Waals surface area contributed by atoms with E-state index in [2.05, 4.69) is 23.3 Å². The Hall–Kier alpha value is -2.98. The highest BCUT2D eigenvalue weighted by Crippen LogP contribution is 2.45. The molecule has 1 aliphatic carbocycles. The van der Waals surface area contributed by atoms with Gasteiger partial charge in [0.15, 0.2) is 11.4 Å². The van der Waals surface area contributed by atoms with Crippen LogP contribution in [-0.2, 0) is 11.3 Å². The number of nitrogens with zero attached hydrogens (tertiary/aromatic N) is 3. The van der Waals surface area contributed by atoms with Crippen LogP contribution in [0.4, 0.5) is 5.13 Å². The molecule has 8 nitrogen and oxygen atoms in total. The molecule has 2 N–H and O–H groups in total. The summed E-state index contributed by atoms with van der Waals surface area (Å²) in [6, 6.07) is 12.1. The van der Waals surface area contributed by atoms with Crippen molar-refractivity contribution in [2.45, 2.75) is 39.6 Å². The predicted molar refractivity (Wildman–Crippen MR) is 155 cm³/mol. The van der Waals surface area contributed by atoms with Crippen molar-refractivity contribution >= 4 is 22.4 Å². The standard InChI is InChI=1S/C31H37N3O5S/c1-19-3-8-27(39-17-21-4-7-24(20(2)14-21)29(35)33-9-11-38-12-10-33)25(13-19)26-18-40-31(32-26)34-15-22-5-6-23(16-34)28(22)30(36)37/h3-4,7-8,13-14,18,22-23,28,30,36-37H,5-6,9-12,15-17H2,1-2H3. The van der Waals surface area contributed by atoms with Gasteiger partial charge in [0.05, 0.1) is 18.9 Å². The van der Waals surface area contributed by atoms with Crippen LogP contribution in [0.5, 0.6) is 5.75 Å². The van der Waals surface area contributed by atoms with E-state index in [0.717, 1.165) is 70.3 Å². The average Bonchev–Trinajstić information content (AvgIpc) is 3.55. The fraction of sp³-hybridized carbons (Fsp3) is 0.484. The highest BCUT2D eigenvalue weighted by atomic mass is 32.1. The van der Waals surface area contributed by atoms with Gasteiger partial charge in [-0.25, -0.2) is 4.98 Å². The molecule has 0 radical (unpaired) electrons.